The third-order valence-corrected chi connectivity index (χ3v) is 8.23. The number of halogens is 9. The van der Waals surface area contributed by atoms with Crippen molar-refractivity contribution in [1.82, 2.24) is 14.8 Å². The highest BCUT2D eigenvalue weighted by atomic mass is 79.9. The zero-order valence-corrected chi connectivity index (χ0v) is 25.8. The van der Waals surface area contributed by atoms with Crippen LogP contribution in [0.2, 0.25) is 19.6 Å². The molecule has 4 nitrogen and oxygen atoms in total. The van der Waals surface area contributed by atoms with Crippen LogP contribution in [0, 0.1) is 23.1 Å². The van der Waals surface area contributed by atoms with Crippen molar-refractivity contribution in [3.05, 3.63) is 80.3 Å². The molecule has 0 saturated heterocycles. The third-order valence-electron chi connectivity index (χ3n) is 6.68. The number of fused-ring (bicyclic) bond motifs is 1. The van der Waals surface area contributed by atoms with E-state index < -0.39 is 92.4 Å². The van der Waals surface area contributed by atoms with E-state index in [9.17, 15) is 39.9 Å². The van der Waals surface area contributed by atoms with Crippen molar-refractivity contribution in [3.8, 4) is 11.5 Å². The van der Waals surface area contributed by atoms with Gasteiger partial charge in [-0.05, 0) is 52.2 Å². The van der Waals surface area contributed by atoms with Crippen LogP contribution in [0.25, 0.3) is 0 Å². The summed E-state index contributed by atoms with van der Waals surface area (Å²) in [7, 11) is -1.81. The van der Waals surface area contributed by atoms with Gasteiger partial charge in [-0.2, -0.15) is 13.9 Å². The van der Waals surface area contributed by atoms with Crippen LogP contribution in [-0.2, 0) is 29.6 Å². The van der Waals surface area contributed by atoms with Gasteiger partial charge in [0.2, 0.25) is 0 Å². The number of carbonyl (C=O) groups excluding carboxylic acids is 1. The second-order valence-electron chi connectivity index (χ2n) is 11.5. The maximum absolute atomic E-state index is 14.8. The first kappa shape index (κ1) is 32.9. The van der Waals surface area contributed by atoms with Crippen molar-refractivity contribution in [2.45, 2.75) is 76.1 Å². The summed E-state index contributed by atoms with van der Waals surface area (Å²) in [6.45, 7) is 5.05. The molecule has 1 aromatic carbocycles. The van der Waals surface area contributed by atoms with Crippen molar-refractivity contribution in [3.63, 3.8) is 0 Å². The standard InChI is InChI=1S/C29H26BrF8N3OSi/c1-43(2,3)9-6-20-4-5-22(30)24(39-20)17(10-16-11-18(31)14-19(32)12-16)13-21(42)15-41-26-23(25(40-41)27(33)34)28(35,36)7-8-29(26,37)38/h4-5,11-12,14,17,27H,7-8,10,13,15H2,1-3H3/t17-/m1/s1. The van der Waals surface area contributed by atoms with E-state index >= 15 is 0 Å². The van der Waals surface area contributed by atoms with Gasteiger partial charge in [-0.1, -0.05) is 25.6 Å². The van der Waals surface area contributed by atoms with Crippen LogP contribution >= 0.6 is 15.9 Å². The number of hydrogen-bond donors (Lipinski definition) is 0. The minimum Gasteiger partial charge on any atom is -0.298 e. The Morgan fingerprint density at radius 1 is 1.02 bits per heavy atom. The molecule has 0 N–H and O–H groups in total. The van der Waals surface area contributed by atoms with Crippen molar-refractivity contribution in [2.75, 3.05) is 0 Å². The Bertz CT molecular complexity index is 1590. The van der Waals surface area contributed by atoms with Gasteiger partial charge in [0, 0.05) is 35.7 Å². The highest BCUT2D eigenvalue weighted by Crippen LogP contribution is 2.52. The van der Waals surface area contributed by atoms with Crippen LogP contribution in [0.4, 0.5) is 35.1 Å². The molecule has 1 atom stereocenters. The molecule has 230 valence electrons. The van der Waals surface area contributed by atoms with Gasteiger partial charge in [0.25, 0.3) is 18.3 Å². The molecule has 0 fully saturated rings. The molecule has 0 aliphatic heterocycles. The first-order valence-electron chi connectivity index (χ1n) is 13.2. The molecule has 0 unspecified atom stereocenters. The minimum atomic E-state index is -3.99. The van der Waals surface area contributed by atoms with Crippen molar-refractivity contribution in [1.29, 1.82) is 0 Å². The Morgan fingerprint density at radius 2 is 1.65 bits per heavy atom. The highest BCUT2D eigenvalue weighted by Gasteiger charge is 2.55. The lowest BCUT2D eigenvalue weighted by Crippen LogP contribution is -2.33. The number of hydrogen-bond acceptors (Lipinski definition) is 3. The number of carbonyl (C=O) groups is 1. The number of benzene rings is 1. The molecular weight excluding hydrogens is 666 g/mol. The molecule has 2 aromatic heterocycles. The molecule has 0 saturated carbocycles. The summed E-state index contributed by atoms with van der Waals surface area (Å²) in [6, 6.07) is 6.05. The van der Waals surface area contributed by atoms with E-state index in [1.807, 2.05) is 19.6 Å². The van der Waals surface area contributed by atoms with Gasteiger partial charge < -0.3 is 0 Å². The topological polar surface area (TPSA) is 47.8 Å². The van der Waals surface area contributed by atoms with Crippen LogP contribution in [0.5, 0.6) is 0 Å². The lowest BCUT2D eigenvalue weighted by Gasteiger charge is -2.29. The summed E-state index contributed by atoms with van der Waals surface area (Å²) in [5.41, 5.74) is -0.539. The number of nitrogens with zero attached hydrogens (tertiary/aromatic N) is 3. The number of aromatic nitrogens is 3. The van der Waals surface area contributed by atoms with Gasteiger partial charge in [-0.25, -0.2) is 31.3 Å². The maximum atomic E-state index is 14.8. The molecule has 0 radical (unpaired) electrons. The van der Waals surface area contributed by atoms with Crippen LogP contribution in [0.15, 0.2) is 34.8 Å². The first-order chi connectivity index (χ1) is 19.9. The molecule has 4 rings (SSSR count). The molecule has 1 aliphatic rings. The molecule has 2 heterocycles. The van der Waals surface area contributed by atoms with E-state index in [0.29, 0.717) is 16.2 Å². The second-order valence-corrected chi connectivity index (χ2v) is 17.1. The molecule has 0 amide bonds. The van der Waals surface area contributed by atoms with E-state index in [4.69, 9.17) is 0 Å². The SMILES string of the molecule is C[Si](C)(C)C#Cc1ccc(Br)c([C@@H](CC(=O)Cn2nc(C(F)F)c3c2C(F)(F)CCC3(F)F)Cc2cc(F)cc(F)c2)n1. The molecule has 0 spiro atoms. The highest BCUT2D eigenvalue weighted by molar-refractivity contribution is 9.10. The molecule has 43 heavy (non-hydrogen) atoms. The predicted molar refractivity (Wildman–Crippen MR) is 149 cm³/mol. The molecule has 1 aliphatic carbocycles. The number of rotatable bonds is 8. The van der Waals surface area contributed by atoms with Crippen molar-refractivity contribution >= 4 is 29.8 Å². The normalized spacial score (nSPS) is 16.4. The number of alkyl halides is 6. The molecule has 3 aromatic rings. The van der Waals surface area contributed by atoms with Gasteiger partial charge in [0.05, 0.1) is 11.3 Å². The van der Waals surface area contributed by atoms with Gasteiger partial charge in [0.15, 0.2) is 5.78 Å². The van der Waals surface area contributed by atoms with Crippen LogP contribution in [0.1, 0.15) is 65.5 Å². The molecular formula is C29H26BrF8N3OSi. The van der Waals surface area contributed by atoms with Crippen molar-refractivity contribution in [2.24, 2.45) is 0 Å². The zero-order valence-electron chi connectivity index (χ0n) is 23.2. The second kappa shape index (κ2) is 12.1. The van der Waals surface area contributed by atoms with Crippen LogP contribution in [0.3, 0.4) is 0 Å². The summed E-state index contributed by atoms with van der Waals surface area (Å²) in [5, 5.41) is 3.34. The summed E-state index contributed by atoms with van der Waals surface area (Å²) in [5.74, 6) is -8.40. The number of pyridine rings is 1. The largest absolute Gasteiger partial charge is 0.298 e. The fourth-order valence-electron chi connectivity index (χ4n) is 4.89. The van der Waals surface area contributed by atoms with Crippen LogP contribution < -0.4 is 0 Å². The summed E-state index contributed by atoms with van der Waals surface area (Å²) >= 11 is 3.37. The van der Waals surface area contributed by atoms with Gasteiger partial charge >= 0.3 is 0 Å². The minimum absolute atomic E-state index is 0.134. The van der Waals surface area contributed by atoms with Gasteiger partial charge in [-0.3, -0.25) is 9.48 Å². The maximum Gasteiger partial charge on any atom is 0.290 e. The summed E-state index contributed by atoms with van der Waals surface area (Å²) in [6.07, 6.45) is -6.86. The average Bonchev–Trinajstić information content (AvgIpc) is 3.27. The van der Waals surface area contributed by atoms with Crippen molar-refractivity contribution < 1.29 is 39.9 Å². The van der Waals surface area contributed by atoms with Gasteiger partial charge in [0.1, 0.15) is 43.3 Å². The predicted octanol–water partition coefficient (Wildman–Crippen LogP) is 8.45. The first-order valence-corrected chi connectivity index (χ1v) is 17.5. The fraction of sp³-hybridized carbons (Fsp3) is 0.414. The van der Waals surface area contributed by atoms with E-state index in [0.717, 1.165) is 12.1 Å². The van der Waals surface area contributed by atoms with E-state index in [1.165, 1.54) is 0 Å². The third kappa shape index (κ3) is 7.73. The van der Waals surface area contributed by atoms with E-state index in [2.05, 4.69) is 37.5 Å². The monoisotopic (exact) mass is 691 g/mol. The van der Waals surface area contributed by atoms with Gasteiger partial charge in [-0.15, -0.1) is 5.54 Å². The molecule has 14 heteroatoms. The Kier molecular flexibility index (Phi) is 9.28. The summed E-state index contributed by atoms with van der Waals surface area (Å²) < 4.78 is 115. The summed E-state index contributed by atoms with van der Waals surface area (Å²) in [4.78, 5) is 17.9. The Hall–Kier alpha value is -3.05. The quantitative estimate of drug-likeness (QED) is 0.135. The Morgan fingerprint density at radius 3 is 2.26 bits per heavy atom. The van der Waals surface area contributed by atoms with Crippen LogP contribution in [-0.4, -0.2) is 28.6 Å². The smallest absolute Gasteiger partial charge is 0.290 e. The number of ketones is 1. The lowest BCUT2D eigenvalue weighted by molar-refractivity contribution is -0.121. The number of Topliss-reactive ketones (excluding diaryl/α,β-unsaturated/α-hetero) is 1. The lowest BCUT2D eigenvalue weighted by atomic mass is 9.88. The average molecular weight is 693 g/mol. The zero-order chi connectivity index (χ0) is 31.9. The fourth-order valence-corrected chi connectivity index (χ4v) is 5.94. The van der Waals surface area contributed by atoms with E-state index in [1.54, 1.807) is 12.1 Å². The Labute approximate surface area is 252 Å². The molecule has 0 bridgehead atoms. The Balaban J connectivity index is 1.74. The van der Waals surface area contributed by atoms with E-state index in [-0.39, 0.29) is 22.4 Å².